The van der Waals surface area contributed by atoms with Crippen molar-refractivity contribution in [3.05, 3.63) is 53.8 Å². The van der Waals surface area contributed by atoms with Gasteiger partial charge in [-0.2, -0.15) is 0 Å². The number of aromatic amines is 1. The third kappa shape index (κ3) is 9.57. The first-order valence-corrected chi connectivity index (χ1v) is 8.33. The molecule has 0 unspecified atom stereocenters. The fraction of sp³-hybridized carbons (Fsp3) is 0.600. The van der Waals surface area contributed by atoms with Crippen molar-refractivity contribution in [2.24, 2.45) is 0 Å². The third-order valence-corrected chi connectivity index (χ3v) is 2.92. The standard InChI is InChI=1S/C10H17N3O2.C7H11N3O2.C3H7I/c1-3-5-12-8(11)7-9(14)13(6-4-2)10(12)15;1-2-3-10-5(8)4-6(11)9-7(10)12;1-2-3-4/h7H,3-6,11H2,1-2H3;4H,2-3,8H2,1H3,(H,9,11,12);2-3H2,1H3/i1D3,2D3,3D2,4D2,5D2,6D2;2*1D3,2D2,3D2. The Hall–Kier alpha value is -2.31. The van der Waals surface area contributed by atoms with E-state index in [1.165, 1.54) is 0 Å². The van der Waals surface area contributed by atoms with Gasteiger partial charge in [-0.1, -0.05) is 50.0 Å². The van der Waals surface area contributed by atoms with Gasteiger partial charge in [0.15, 0.2) is 0 Å². The van der Waals surface area contributed by atoms with Crippen LogP contribution in [0, 0.1) is 0 Å². The van der Waals surface area contributed by atoms with E-state index in [1.807, 2.05) is 0 Å². The van der Waals surface area contributed by atoms with Gasteiger partial charge in [0.1, 0.15) is 11.6 Å². The average molecular weight is 579 g/mol. The summed E-state index contributed by atoms with van der Waals surface area (Å²) in [6.45, 7) is -24.5. The fourth-order valence-corrected chi connectivity index (χ4v) is 1.57. The minimum Gasteiger partial charge on any atom is -0.385 e. The lowest BCUT2D eigenvalue weighted by Crippen LogP contribution is -2.40. The van der Waals surface area contributed by atoms with E-state index < -0.39 is 115 Å². The number of rotatable bonds is 7. The molecule has 0 saturated carbocycles. The largest absolute Gasteiger partial charge is 0.385 e. The molecule has 10 nitrogen and oxygen atoms in total. The molecule has 0 atom stereocenters. The number of nitrogens with two attached hydrogens (primary N) is 2. The molecule has 2 aromatic heterocycles. The highest BCUT2D eigenvalue weighted by atomic mass is 127. The van der Waals surface area contributed by atoms with Gasteiger partial charge in [0, 0.05) is 67.3 Å². The molecule has 0 aliphatic heterocycles. The summed E-state index contributed by atoms with van der Waals surface area (Å²) in [4.78, 5) is 49.0. The normalized spacial score (nSPS) is 28.7. The Kier molecular flexibility index (Phi) is 3.54. The van der Waals surface area contributed by atoms with E-state index in [-0.39, 0.29) is 15.2 Å². The highest BCUT2D eigenvalue weighted by molar-refractivity contribution is 14.1. The number of halogens is 1. The summed E-state index contributed by atoms with van der Waals surface area (Å²) in [5, 5.41) is 0. The van der Waals surface area contributed by atoms with E-state index in [9.17, 15) is 19.2 Å². The van der Waals surface area contributed by atoms with Crippen LogP contribution in [0.3, 0.4) is 0 Å². The van der Waals surface area contributed by atoms with Gasteiger partial charge in [0.25, 0.3) is 11.1 Å². The predicted octanol–water partition coefficient (Wildman–Crippen LogP) is 1.77. The lowest BCUT2D eigenvalue weighted by molar-refractivity contribution is 0.546. The molecule has 2 aromatic rings. The van der Waals surface area contributed by atoms with Gasteiger partial charge in [0.05, 0.1) is 2.74 Å². The number of aromatic nitrogens is 4. The van der Waals surface area contributed by atoms with Crippen LogP contribution in [0.2, 0.25) is 0 Å². The summed E-state index contributed by atoms with van der Waals surface area (Å²) in [5.41, 5.74) is 4.73. The van der Waals surface area contributed by atoms with E-state index in [2.05, 4.69) is 0 Å². The maximum absolute atomic E-state index is 12.7. The van der Waals surface area contributed by atoms with Crippen molar-refractivity contribution in [2.75, 3.05) is 15.8 Å². The third-order valence-electron chi connectivity index (χ3n) is 2.65. The first-order chi connectivity index (χ1) is 25.3. The highest BCUT2D eigenvalue weighted by Gasteiger charge is 2.07. The summed E-state index contributed by atoms with van der Waals surface area (Å²) in [7, 11) is 0. The number of anilines is 2. The van der Waals surface area contributed by atoms with Crippen LogP contribution in [-0.4, -0.2) is 23.1 Å². The van der Waals surface area contributed by atoms with Crippen LogP contribution in [0.25, 0.3) is 0 Å². The number of nitrogen functional groups attached to an aromatic ring is 2. The van der Waals surface area contributed by atoms with Crippen LogP contribution >= 0.6 is 22.6 Å². The highest BCUT2D eigenvalue weighted by Crippen LogP contribution is 1.96. The van der Waals surface area contributed by atoms with Crippen molar-refractivity contribution in [3.63, 3.8) is 0 Å². The molecule has 0 fully saturated rings. The van der Waals surface area contributed by atoms with E-state index in [0.717, 1.165) is 22.6 Å². The number of nitrogens with zero attached hydrogens (tertiary/aromatic N) is 3. The van der Waals surface area contributed by atoms with Crippen LogP contribution in [0.15, 0.2) is 31.3 Å². The Morgan fingerprint density at radius 3 is 1.87 bits per heavy atom. The molecule has 0 aliphatic carbocycles. The zero-order valence-corrected chi connectivity index (χ0v) is 17.3. The molecule has 0 radical (unpaired) electrons. The van der Waals surface area contributed by atoms with Crippen molar-refractivity contribution in [2.45, 2.75) is 72.4 Å². The Morgan fingerprint density at radius 2 is 1.39 bits per heavy atom. The number of H-pyrrole nitrogens is 1. The Balaban J connectivity index is 0.000000957. The zero-order valence-electron chi connectivity index (χ0n) is 43.2. The molecular formula is C20H35IN6O4. The molecule has 0 aromatic carbocycles. The van der Waals surface area contributed by atoms with Crippen LogP contribution in [0.1, 0.15) is 91.3 Å². The summed E-state index contributed by atoms with van der Waals surface area (Å²) in [6.07, 6.45) is -13.8. The van der Waals surface area contributed by atoms with E-state index in [0.29, 0.717) is 6.07 Å². The molecule has 0 amide bonds. The molecule has 11 heteroatoms. The van der Waals surface area contributed by atoms with Gasteiger partial charge in [-0.25, -0.2) is 9.59 Å². The first kappa shape index (κ1) is 7.09. The summed E-state index contributed by atoms with van der Waals surface area (Å²) < 4.78 is 200. The Morgan fingerprint density at radius 1 is 0.871 bits per heavy atom. The van der Waals surface area contributed by atoms with Gasteiger partial charge >= 0.3 is 11.4 Å². The second-order valence-electron chi connectivity index (χ2n) is 4.49. The second-order valence-corrected chi connectivity index (χ2v) is 5.03. The molecule has 31 heavy (non-hydrogen) atoms. The second kappa shape index (κ2) is 15.5. The summed E-state index contributed by atoms with van der Waals surface area (Å²) >= 11 is 1.14. The van der Waals surface area contributed by atoms with Crippen molar-refractivity contribution in [1.29, 1.82) is 0 Å². The molecular weight excluding hydrogens is 515 g/mol. The first-order valence-electron chi connectivity index (χ1n) is 21.2. The minimum atomic E-state index is -3.88. The molecule has 0 bridgehead atoms. The molecule has 0 aliphatic rings. The molecule has 2 heterocycles. The van der Waals surface area contributed by atoms with E-state index in [1.54, 1.807) is 4.98 Å². The summed E-state index contributed by atoms with van der Waals surface area (Å²) in [6, 6.07) is 0.886. The smallest absolute Gasteiger partial charge is 0.332 e. The van der Waals surface area contributed by atoms with Gasteiger partial charge in [-0.15, -0.1) is 0 Å². The van der Waals surface area contributed by atoms with Crippen LogP contribution < -0.4 is 34.0 Å². The van der Waals surface area contributed by atoms with Gasteiger partial charge in [0.2, 0.25) is 0 Å². The average Bonchev–Trinajstić information content (AvgIpc) is 2.93. The van der Waals surface area contributed by atoms with Gasteiger partial charge in [-0.05, 0) is 29.9 Å². The molecule has 0 spiro atoms. The SMILES string of the molecule is [2H]C([2H])([2H])C([2H])([2H])C([2H])([2H])I.[2H]C([2H])([2H])C([2H])([2H])C([2H])([2H])n1c(N)cc(=O)[nH]c1=O.[2H]C([2H])([2H])C([2H])([2H])C([2H])([2H])n1c(N)cc(=O)n(C([2H])([2H])C([2H])([2H])C([2H])([2H])[2H])c1=O. The molecule has 5 N–H and O–H groups in total. The quantitative estimate of drug-likeness (QED) is 0.337. The maximum Gasteiger partial charge on any atom is 0.332 e. The minimum absolute atomic E-state index is 0.0702. The van der Waals surface area contributed by atoms with Crippen molar-refractivity contribution >= 4 is 34.2 Å². The maximum atomic E-state index is 12.7. The van der Waals surface area contributed by atoms with Crippen molar-refractivity contribution in [1.82, 2.24) is 18.7 Å². The number of hydrogen-bond acceptors (Lipinski definition) is 6. The Labute approximate surface area is 234 Å². The number of hydrogen-bond donors (Lipinski definition) is 3. The van der Waals surface area contributed by atoms with Crippen molar-refractivity contribution in [3.8, 4) is 0 Å². The molecule has 176 valence electrons. The fourth-order valence-electron chi connectivity index (χ4n) is 1.57. The topological polar surface area (TPSA) is 151 Å². The lowest BCUT2D eigenvalue weighted by Gasteiger charge is -2.10. The number of nitrogens with one attached hydrogen (secondary N) is 1. The predicted molar refractivity (Wildman–Crippen MR) is 135 cm³/mol. The molecule has 0 saturated heterocycles. The van der Waals surface area contributed by atoms with Crippen molar-refractivity contribution < 1.29 is 38.4 Å². The Bertz CT molecular complexity index is 2050. The van der Waals surface area contributed by atoms with Gasteiger partial charge in [-0.3, -0.25) is 28.3 Å². The lowest BCUT2D eigenvalue weighted by atomic mass is 10.4. The number of alkyl halides is 1. The van der Waals surface area contributed by atoms with Crippen LogP contribution in [-0.2, 0) is 19.5 Å². The molecule has 2 rings (SSSR count). The monoisotopic (exact) mass is 578 g/mol. The zero-order chi connectivity index (χ0) is 48.3. The van der Waals surface area contributed by atoms with E-state index >= 15 is 0 Å². The van der Waals surface area contributed by atoms with Crippen LogP contribution in [0.4, 0.5) is 11.6 Å². The van der Waals surface area contributed by atoms with E-state index in [4.69, 9.17) is 49.8 Å². The van der Waals surface area contributed by atoms with Gasteiger partial charge < -0.3 is 11.5 Å². The summed E-state index contributed by atoms with van der Waals surface area (Å²) in [5.74, 6) is -1.76. The van der Waals surface area contributed by atoms with Crippen LogP contribution in [0.5, 0.6) is 0 Å².